The Morgan fingerprint density at radius 1 is 1.41 bits per heavy atom. The number of halogens is 1. The molecule has 0 fully saturated rings. The molecule has 0 aliphatic rings. The maximum absolute atomic E-state index is 12.8. The summed E-state index contributed by atoms with van der Waals surface area (Å²) in [5, 5.41) is 13.6. The van der Waals surface area contributed by atoms with Crippen molar-refractivity contribution in [2.24, 2.45) is 0 Å². The fourth-order valence-electron chi connectivity index (χ4n) is 1.61. The zero-order chi connectivity index (χ0) is 12.8. The molecule has 0 saturated carbocycles. The molecule has 4 heteroatoms. The third-order valence-corrected chi connectivity index (χ3v) is 3.90. The smallest absolute Gasteiger partial charge is 0.126 e. The monoisotopic (exact) mass is 257 g/mol. The van der Waals surface area contributed by atoms with Crippen molar-refractivity contribution in [2.75, 3.05) is 12.8 Å². The molecule has 2 N–H and O–H groups in total. The van der Waals surface area contributed by atoms with Gasteiger partial charge in [0.05, 0.1) is 0 Å². The third-order valence-electron chi connectivity index (χ3n) is 2.86. The van der Waals surface area contributed by atoms with Crippen LogP contribution in [0.4, 0.5) is 4.39 Å². The fourth-order valence-corrected chi connectivity index (χ4v) is 1.97. The van der Waals surface area contributed by atoms with Gasteiger partial charge in [0, 0.05) is 22.9 Å². The number of aromatic hydroxyl groups is 1. The first-order valence-electron chi connectivity index (χ1n) is 5.79. The summed E-state index contributed by atoms with van der Waals surface area (Å²) in [5.41, 5.74) is 0.739. The van der Waals surface area contributed by atoms with Crippen LogP contribution in [0.5, 0.6) is 5.75 Å². The van der Waals surface area contributed by atoms with Crippen LogP contribution in [-0.2, 0) is 0 Å². The van der Waals surface area contributed by atoms with E-state index in [9.17, 15) is 9.50 Å². The second-order valence-electron chi connectivity index (χ2n) is 4.21. The molecule has 1 rings (SSSR count). The van der Waals surface area contributed by atoms with E-state index in [-0.39, 0.29) is 11.8 Å². The summed E-state index contributed by atoms with van der Waals surface area (Å²) in [6, 6.07) is 4.18. The Morgan fingerprint density at radius 3 is 2.71 bits per heavy atom. The van der Waals surface area contributed by atoms with Gasteiger partial charge in [-0.3, -0.25) is 0 Å². The molecule has 1 aromatic rings. The summed E-state index contributed by atoms with van der Waals surface area (Å²) in [7, 11) is 0. The van der Waals surface area contributed by atoms with Crippen LogP contribution >= 0.6 is 11.8 Å². The molecule has 0 spiro atoms. The van der Waals surface area contributed by atoms with Crippen molar-refractivity contribution >= 4 is 11.8 Å². The standard InChI is InChI=1S/C13H20FNOS/c1-9(17-3)6-7-15-10(2)12-5-4-11(14)8-13(12)16/h4-5,8-10,15-16H,6-7H2,1-3H3. The minimum atomic E-state index is -0.408. The first kappa shape index (κ1) is 14.3. The second-order valence-corrected chi connectivity index (χ2v) is 5.49. The van der Waals surface area contributed by atoms with Gasteiger partial charge in [0.15, 0.2) is 0 Å². The van der Waals surface area contributed by atoms with Crippen molar-refractivity contribution < 1.29 is 9.50 Å². The zero-order valence-corrected chi connectivity index (χ0v) is 11.4. The lowest BCUT2D eigenvalue weighted by Crippen LogP contribution is -2.22. The van der Waals surface area contributed by atoms with E-state index in [1.807, 2.05) is 18.7 Å². The van der Waals surface area contributed by atoms with E-state index in [4.69, 9.17) is 0 Å². The van der Waals surface area contributed by atoms with Crippen LogP contribution in [0.2, 0.25) is 0 Å². The average molecular weight is 257 g/mol. The van der Waals surface area contributed by atoms with Crippen molar-refractivity contribution in [3.8, 4) is 5.75 Å². The molecule has 2 atom stereocenters. The molecule has 17 heavy (non-hydrogen) atoms. The van der Waals surface area contributed by atoms with Crippen molar-refractivity contribution in [3.63, 3.8) is 0 Å². The highest BCUT2D eigenvalue weighted by molar-refractivity contribution is 7.99. The lowest BCUT2D eigenvalue weighted by molar-refractivity contribution is 0.446. The molecule has 0 aliphatic heterocycles. The molecule has 0 amide bonds. The van der Waals surface area contributed by atoms with Crippen LogP contribution in [0.3, 0.4) is 0 Å². The molecule has 1 aromatic carbocycles. The predicted octanol–water partition coefficient (Wildman–Crippen LogP) is 3.32. The number of benzene rings is 1. The number of rotatable bonds is 6. The van der Waals surface area contributed by atoms with Gasteiger partial charge in [-0.25, -0.2) is 4.39 Å². The summed E-state index contributed by atoms with van der Waals surface area (Å²) >= 11 is 1.84. The van der Waals surface area contributed by atoms with Gasteiger partial charge in [-0.1, -0.05) is 13.0 Å². The zero-order valence-electron chi connectivity index (χ0n) is 10.5. The number of thioether (sulfide) groups is 1. The SMILES string of the molecule is CSC(C)CCNC(C)c1ccc(F)cc1O. The summed E-state index contributed by atoms with van der Waals surface area (Å²) in [5.74, 6) is -0.391. The van der Waals surface area contributed by atoms with E-state index >= 15 is 0 Å². The van der Waals surface area contributed by atoms with Crippen LogP contribution < -0.4 is 5.32 Å². The molecule has 0 radical (unpaired) electrons. The first-order chi connectivity index (χ1) is 8.04. The van der Waals surface area contributed by atoms with Gasteiger partial charge in [0.1, 0.15) is 11.6 Å². The van der Waals surface area contributed by atoms with Gasteiger partial charge in [0.2, 0.25) is 0 Å². The molecular formula is C13H20FNOS. The van der Waals surface area contributed by atoms with E-state index in [0.717, 1.165) is 24.6 Å². The molecule has 96 valence electrons. The predicted molar refractivity (Wildman–Crippen MR) is 72.1 cm³/mol. The Bertz CT molecular complexity index is 359. The highest BCUT2D eigenvalue weighted by Gasteiger charge is 2.10. The van der Waals surface area contributed by atoms with Gasteiger partial charge in [-0.2, -0.15) is 11.8 Å². The molecule has 2 nitrogen and oxygen atoms in total. The van der Waals surface area contributed by atoms with Gasteiger partial charge < -0.3 is 10.4 Å². The fraction of sp³-hybridized carbons (Fsp3) is 0.538. The van der Waals surface area contributed by atoms with E-state index in [0.29, 0.717) is 5.25 Å². The largest absolute Gasteiger partial charge is 0.508 e. The van der Waals surface area contributed by atoms with Gasteiger partial charge >= 0.3 is 0 Å². The van der Waals surface area contributed by atoms with E-state index in [1.54, 1.807) is 6.07 Å². The van der Waals surface area contributed by atoms with Crippen LogP contribution in [0, 0.1) is 5.82 Å². The topological polar surface area (TPSA) is 32.3 Å². The van der Waals surface area contributed by atoms with Crippen molar-refractivity contribution in [1.29, 1.82) is 0 Å². The van der Waals surface area contributed by atoms with Crippen LogP contribution in [-0.4, -0.2) is 23.2 Å². The number of nitrogens with one attached hydrogen (secondary N) is 1. The summed E-state index contributed by atoms with van der Waals surface area (Å²) in [6.07, 6.45) is 3.17. The normalized spacial score (nSPS) is 14.6. The lowest BCUT2D eigenvalue weighted by atomic mass is 10.1. The van der Waals surface area contributed by atoms with Crippen LogP contribution in [0.1, 0.15) is 31.9 Å². The Labute approximate surface area is 107 Å². The molecule has 0 saturated heterocycles. The first-order valence-corrected chi connectivity index (χ1v) is 7.08. The molecule has 2 unspecified atom stereocenters. The molecule has 0 heterocycles. The Morgan fingerprint density at radius 2 is 2.12 bits per heavy atom. The second kappa shape index (κ2) is 6.87. The third kappa shape index (κ3) is 4.56. The quantitative estimate of drug-likeness (QED) is 0.820. The Kier molecular flexibility index (Phi) is 5.78. The molecule has 0 aliphatic carbocycles. The number of hydrogen-bond donors (Lipinski definition) is 2. The molecule has 0 aromatic heterocycles. The number of hydrogen-bond acceptors (Lipinski definition) is 3. The maximum Gasteiger partial charge on any atom is 0.126 e. The van der Waals surface area contributed by atoms with Gasteiger partial charge in [0.25, 0.3) is 0 Å². The Hall–Kier alpha value is -0.740. The van der Waals surface area contributed by atoms with Crippen molar-refractivity contribution in [2.45, 2.75) is 31.6 Å². The minimum absolute atomic E-state index is 0.0166. The lowest BCUT2D eigenvalue weighted by Gasteiger charge is -2.17. The van der Waals surface area contributed by atoms with Crippen molar-refractivity contribution in [3.05, 3.63) is 29.6 Å². The van der Waals surface area contributed by atoms with E-state index in [1.165, 1.54) is 6.07 Å². The minimum Gasteiger partial charge on any atom is -0.508 e. The Balaban J connectivity index is 2.49. The maximum atomic E-state index is 12.8. The van der Waals surface area contributed by atoms with Crippen LogP contribution in [0.15, 0.2) is 18.2 Å². The summed E-state index contributed by atoms with van der Waals surface area (Å²) in [4.78, 5) is 0. The van der Waals surface area contributed by atoms with Crippen molar-refractivity contribution in [1.82, 2.24) is 5.32 Å². The van der Waals surface area contributed by atoms with Gasteiger partial charge in [-0.15, -0.1) is 0 Å². The summed E-state index contributed by atoms with van der Waals surface area (Å²) in [6.45, 7) is 5.04. The highest BCUT2D eigenvalue weighted by atomic mass is 32.2. The molecular weight excluding hydrogens is 237 g/mol. The van der Waals surface area contributed by atoms with Crippen LogP contribution in [0.25, 0.3) is 0 Å². The number of phenols is 1. The average Bonchev–Trinajstić information content (AvgIpc) is 2.28. The summed E-state index contributed by atoms with van der Waals surface area (Å²) < 4.78 is 12.8. The number of phenolic OH excluding ortho intramolecular Hbond substituents is 1. The molecule has 0 bridgehead atoms. The highest BCUT2D eigenvalue weighted by Crippen LogP contribution is 2.24. The van der Waals surface area contributed by atoms with E-state index in [2.05, 4.69) is 18.5 Å². The van der Waals surface area contributed by atoms with E-state index < -0.39 is 5.82 Å². The van der Waals surface area contributed by atoms with Gasteiger partial charge in [-0.05, 0) is 32.2 Å².